The van der Waals surface area contributed by atoms with E-state index in [1.54, 1.807) is 31.4 Å². The van der Waals surface area contributed by atoms with Crippen LogP contribution in [0.5, 0.6) is 5.75 Å². The summed E-state index contributed by atoms with van der Waals surface area (Å²) >= 11 is 0. The Hall–Kier alpha value is -2.12. The highest BCUT2D eigenvalue weighted by Crippen LogP contribution is 2.23. The average molecular weight is 308 g/mol. The van der Waals surface area contributed by atoms with Gasteiger partial charge in [-0.15, -0.1) is 0 Å². The van der Waals surface area contributed by atoms with Gasteiger partial charge < -0.3 is 9.84 Å². The van der Waals surface area contributed by atoms with E-state index in [-0.39, 0.29) is 11.6 Å². The lowest BCUT2D eigenvalue weighted by molar-refractivity contribution is 0.281. The summed E-state index contributed by atoms with van der Waals surface area (Å²) in [6, 6.07) is 9.58. The summed E-state index contributed by atoms with van der Waals surface area (Å²) in [6.45, 7) is -0.179. The molecule has 0 saturated heterocycles. The van der Waals surface area contributed by atoms with E-state index in [1.807, 2.05) is 0 Å². The predicted molar refractivity (Wildman–Crippen MR) is 78.7 cm³/mol. The molecule has 1 aromatic carbocycles. The lowest BCUT2D eigenvalue weighted by Crippen LogP contribution is -2.27. The molecule has 0 atom stereocenters. The van der Waals surface area contributed by atoms with Gasteiger partial charge in [-0.1, -0.05) is 6.07 Å². The van der Waals surface area contributed by atoms with Gasteiger partial charge in [0.2, 0.25) is 0 Å². The zero-order chi connectivity index (χ0) is 15.5. The third-order valence-electron chi connectivity index (χ3n) is 3.04. The number of pyridine rings is 1. The normalized spacial score (nSPS) is 11.2. The van der Waals surface area contributed by atoms with E-state index in [0.717, 1.165) is 4.31 Å². The van der Waals surface area contributed by atoms with Crippen LogP contribution in [0.3, 0.4) is 0 Å². The van der Waals surface area contributed by atoms with E-state index in [1.165, 1.54) is 25.4 Å². The van der Waals surface area contributed by atoms with Crippen molar-refractivity contribution in [3.05, 3.63) is 48.2 Å². The fourth-order valence-electron chi connectivity index (χ4n) is 1.73. The molecule has 0 amide bonds. The molecular formula is C14H16N2O4S. The minimum Gasteiger partial charge on any atom is -0.497 e. The van der Waals surface area contributed by atoms with Crippen LogP contribution in [0.1, 0.15) is 5.56 Å². The second-order valence-electron chi connectivity index (χ2n) is 4.33. The Balaban J connectivity index is 2.32. The molecular weight excluding hydrogens is 292 g/mol. The molecule has 0 unspecified atom stereocenters. The highest BCUT2D eigenvalue weighted by Gasteiger charge is 2.22. The van der Waals surface area contributed by atoms with Crippen LogP contribution in [0, 0.1) is 0 Å². The van der Waals surface area contributed by atoms with Gasteiger partial charge in [0, 0.05) is 13.2 Å². The molecule has 0 aliphatic carbocycles. The highest BCUT2D eigenvalue weighted by molar-refractivity contribution is 7.92. The van der Waals surface area contributed by atoms with Crippen molar-refractivity contribution in [1.29, 1.82) is 0 Å². The number of aliphatic hydroxyl groups is 1. The Morgan fingerprint density at radius 1 is 1.19 bits per heavy atom. The Kier molecular flexibility index (Phi) is 4.44. The van der Waals surface area contributed by atoms with Gasteiger partial charge in [0.15, 0.2) is 5.03 Å². The number of methoxy groups -OCH3 is 1. The minimum absolute atomic E-state index is 0.0713. The van der Waals surface area contributed by atoms with E-state index in [9.17, 15) is 8.42 Å². The number of aromatic nitrogens is 1. The first-order valence-corrected chi connectivity index (χ1v) is 7.62. The molecule has 2 rings (SSSR count). The lowest BCUT2D eigenvalue weighted by Gasteiger charge is -2.19. The van der Waals surface area contributed by atoms with Crippen molar-refractivity contribution >= 4 is 15.7 Å². The first kappa shape index (κ1) is 15.3. The summed E-state index contributed by atoms with van der Waals surface area (Å²) in [5, 5.41) is 8.88. The van der Waals surface area contributed by atoms with E-state index < -0.39 is 10.0 Å². The number of benzene rings is 1. The van der Waals surface area contributed by atoms with Gasteiger partial charge in [0.1, 0.15) is 5.75 Å². The molecule has 0 radical (unpaired) electrons. The zero-order valence-corrected chi connectivity index (χ0v) is 12.5. The third-order valence-corrected chi connectivity index (χ3v) is 4.74. The number of sulfonamides is 1. The molecule has 112 valence electrons. The Morgan fingerprint density at radius 3 is 2.33 bits per heavy atom. The molecule has 0 aliphatic rings. The number of nitrogens with zero attached hydrogens (tertiary/aromatic N) is 2. The van der Waals surface area contributed by atoms with Crippen molar-refractivity contribution in [2.24, 2.45) is 0 Å². The first-order chi connectivity index (χ1) is 9.98. The van der Waals surface area contributed by atoms with Crippen molar-refractivity contribution in [3.8, 4) is 5.75 Å². The van der Waals surface area contributed by atoms with Gasteiger partial charge in [0.05, 0.1) is 19.4 Å². The average Bonchev–Trinajstić information content (AvgIpc) is 2.54. The fourth-order valence-corrected chi connectivity index (χ4v) is 2.83. The summed E-state index contributed by atoms with van der Waals surface area (Å²) in [7, 11) is -0.736. The van der Waals surface area contributed by atoms with Crippen molar-refractivity contribution < 1.29 is 18.3 Å². The second-order valence-corrected chi connectivity index (χ2v) is 6.25. The van der Waals surface area contributed by atoms with E-state index >= 15 is 0 Å². The molecule has 6 nitrogen and oxygen atoms in total. The van der Waals surface area contributed by atoms with E-state index in [4.69, 9.17) is 9.84 Å². The third kappa shape index (κ3) is 3.14. The summed E-state index contributed by atoms with van der Waals surface area (Å²) in [5.74, 6) is 0.648. The number of aliphatic hydroxyl groups excluding tert-OH is 1. The van der Waals surface area contributed by atoms with Gasteiger partial charge in [-0.2, -0.15) is 8.42 Å². The second kappa shape index (κ2) is 6.11. The van der Waals surface area contributed by atoms with Crippen LogP contribution in [0.15, 0.2) is 47.6 Å². The Labute approximate surface area is 123 Å². The number of anilines is 1. The molecule has 2 aromatic rings. The van der Waals surface area contributed by atoms with Gasteiger partial charge >= 0.3 is 0 Å². The van der Waals surface area contributed by atoms with Crippen LogP contribution in [0.25, 0.3) is 0 Å². The minimum atomic E-state index is -3.74. The SMILES string of the molecule is COc1ccc(N(C)S(=O)(=O)c2ccc(CO)cn2)cc1. The topological polar surface area (TPSA) is 79.7 Å². The summed E-state index contributed by atoms with van der Waals surface area (Å²) in [4.78, 5) is 3.89. The van der Waals surface area contributed by atoms with Gasteiger partial charge in [-0.25, -0.2) is 4.98 Å². The Bertz CT molecular complexity index is 697. The van der Waals surface area contributed by atoms with Crippen LogP contribution in [0.2, 0.25) is 0 Å². The predicted octanol–water partition coefficient (Wildman–Crippen LogP) is 1.41. The van der Waals surface area contributed by atoms with Crippen LogP contribution < -0.4 is 9.04 Å². The van der Waals surface area contributed by atoms with Crippen molar-refractivity contribution in [2.75, 3.05) is 18.5 Å². The van der Waals surface area contributed by atoms with Gasteiger partial charge in [0.25, 0.3) is 10.0 Å². The maximum Gasteiger partial charge on any atom is 0.281 e. The van der Waals surface area contributed by atoms with Gasteiger partial charge in [-0.3, -0.25) is 4.31 Å². The summed E-state index contributed by atoms with van der Waals surface area (Å²) in [6.07, 6.45) is 1.34. The van der Waals surface area contributed by atoms with Crippen LogP contribution >= 0.6 is 0 Å². The summed E-state index contributed by atoms with van der Waals surface area (Å²) < 4.78 is 31.1. The first-order valence-electron chi connectivity index (χ1n) is 6.18. The monoisotopic (exact) mass is 308 g/mol. The highest BCUT2D eigenvalue weighted by atomic mass is 32.2. The lowest BCUT2D eigenvalue weighted by atomic mass is 10.3. The van der Waals surface area contributed by atoms with Crippen molar-refractivity contribution in [1.82, 2.24) is 4.98 Å². The van der Waals surface area contributed by atoms with Crippen molar-refractivity contribution in [2.45, 2.75) is 11.6 Å². The quantitative estimate of drug-likeness (QED) is 0.903. The number of ether oxygens (including phenoxy) is 1. The molecule has 0 aliphatic heterocycles. The van der Waals surface area contributed by atoms with Crippen LogP contribution in [-0.2, 0) is 16.6 Å². The van der Waals surface area contributed by atoms with Crippen LogP contribution in [-0.4, -0.2) is 32.7 Å². The largest absolute Gasteiger partial charge is 0.497 e. The van der Waals surface area contributed by atoms with Crippen molar-refractivity contribution in [3.63, 3.8) is 0 Å². The maximum absolute atomic E-state index is 12.5. The molecule has 0 bridgehead atoms. The Morgan fingerprint density at radius 2 is 1.86 bits per heavy atom. The molecule has 0 spiro atoms. The van der Waals surface area contributed by atoms with Crippen LogP contribution in [0.4, 0.5) is 5.69 Å². The molecule has 0 saturated carbocycles. The number of hydrogen-bond acceptors (Lipinski definition) is 5. The standard InChI is InChI=1S/C14H16N2O4S/c1-16(12-4-6-13(20-2)7-5-12)21(18,19)14-8-3-11(10-17)9-15-14/h3-9,17H,10H2,1-2H3. The number of hydrogen-bond donors (Lipinski definition) is 1. The van der Waals surface area contributed by atoms with E-state index in [2.05, 4.69) is 4.98 Å². The maximum atomic E-state index is 12.5. The molecule has 1 aromatic heterocycles. The van der Waals surface area contributed by atoms with Gasteiger partial charge in [-0.05, 0) is 35.9 Å². The fraction of sp³-hybridized carbons (Fsp3) is 0.214. The molecule has 7 heteroatoms. The molecule has 0 fully saturated rings. The zero-order valence-electron chi connectivity index (χ0n) is 11.7. The molecule has 21 heavy (non-hydrogen) atoms. The summed E-state index contributed by atoms with van der Waals surface area (Å²) in [5.41, 5.74) is 1.06. The molecule has 1 heterocycles. The smallest absolute Gasteiger partial charge is 0.281 e. The number of rotatable bonds is 5. The molecule has 1 N–H and O–H groups in total. The van der Waals surface area contributed by atoms with E-state index in [0.29, 0.717) is 17.0 Å².